The van der Waals surface area contributed by atoms with Gasteiger partial charge >= 0.3 is 0 Å². The molecule has 0 amide bonds. The van der Waals surface area contributed by atoms with Gasteiger partial charge in [0.05, 0.1) is 0 Å². The van der Waals surface area contributed by atoms with E-state index in [1.807, 2.05) is 0 Å². The van der Waals surface area contributed by atoms with Gasteiger partial charge in [-0.2, -0.15) is 0 Å². The Bertz CT molecular complexity index is 5250. The number of fused-ring (bicyclic) bond motifs is 11. The van der Waals surface area contributed by atoms with Crippen molar-refractivity contribution in [2.24, 2.45) is 0 Å². The van der Waals surface area contributed by atoms with E-state index in [0.717, 1.165) is 43.9 Å². The number of rotatable bonds is 6. The first-order chi connectivity index (χ1) is 41.4. The van der Waals surface area contributed by atoms with Crippen molar-refractivity contribution >= 4 is 76.2 Å². The highest BCUT2D eigenvalue weighted by atomic mass is 16.3. The average Bonchev–Trinajstić information content (AvgIpc) is 0.932. The van der Waals surface area contributed by atoms with Crippen LogP contribution in [0.25, 0.3) is 143 Å². The summed E-state index contributed by atoms with van der Waals surface area (Å²) in [6.07, 6.45) is 0. The number of hydrogen-bond donors (Lipinski definition) is 0. The Morgan fingerprint density at radius 2 is 0.571 bits per heavy atom. The summed E-state index contributed by atoms with van der Waals surface area (Å²) in [5.41, 5.74) is 27.3. The highest BCUT2D eigenvalue weighted by molar-refractivity contribution is 6.14. The van der Waals surface area contributed by atoms with Gasteiger partial charge in [0.25, 0.3) is 0 Å². The average molecular weight is 1080 g/mol. The smallest absolute Gasteiger partial charge is 0.136 e. The lowest BCUT2D eigenvalue weighted by Gasteiger charge is -2.46. The first-order valence-corrected chi connectivity index (χ1v) is 29.8. The van der Waals surface area contributed by atoms with Gasteiger partial charge in [0, 0.05) is 45.2 Å². The largest absolute Gasteiger partial charge is 0.456 e. The molecule has 2 heterocycles. The number of benzene rings is 13. The second-order valence-corrected chi connectivity index (χ2v) is 23.7. The van der Waals surface area contributed by atoms with Crippen LogP contribution < -0.4 is 0 Å². The zero-order valence-electron chi connectivity index (χ0n) is 47.4. The molecule has 0 aliphatic heterocycles. The van der Waals surface area contributed by atoms with Gasteiger partial charge in [-0.25, -0.2) is 0 Å². The molecule has 2 aromatic heterocycles. The summed E-state index contributed by atoms with van der Waals surface area (Å²) in [5.74, 6) is 0.181. The topological polar surface area (TPSA) is 26.3 Å². The molecule has 0 radical (unpaired) electrons. The Labute approximate surface area is 488 Å². The Balaban J connectivity index is 0.944. The molecule has 0 bridgehead atoms. The van der Waals surface area contributed by atoms with Crippen LogP contribution in [-0.4, -0.2) is 0 Å². The molecule has 17 rings (SSSR count). The van der Waals surface area contributed by atoms with E-state index >= 15 is 0 Å². The molecule has 4 unspecified atom stereocenters. The van der Waals surface area contributed by atoms with Gasteiger partial charge in [-0.05, 0) is 164 Å². The van der Waals surface area contributed by atoms with Crippen molar-refractivity contribution in [2.75, 3.05) is 0 Å². The second kappa shape index (κ2) is 18.8. The van der Waals surface area contributed by atoms with E-state index in [9.17, 15) is 0 Å². The molecule has 0 saturated carbocycles. The fourth-order valence-corrected chi connectivity index (χ4v) is 15.9. The molecule has 398 valence electrons. The quantitative estimate of drug-likeness (QED) is 0.155. The zero-order chi connectivity index (χ0) is 55.9. The van der Waals surface area contributed by atoms with Crippen molar-refractivity contribution in [3.05, 3.63) is 288 Å². The minimum atomic E-state index is 0.0403. The highest BCUT2D eigenvalue weighted by Crippen LogP contribution is 2.64. The Kier molecular flexibility index (Phi) is 10.9. The lowest BCUT2D eigenvalue weighted by atomic mass is 9.57. The maximum Gasteiger partial charge on any atom is 0.136 e. The number of allylic oxidation sites excluding steroid dienone is 2. The first-order valence-electron chi connectivity index (χ1n) is 29.8. The van der Waals surface area contributed by atoms with E-state index in [2.05, 4.69) is 282 Å². The molecule has 0 fully saturated rings. The second-order valence-electron chi connectivity index (χ2n) is 23.7. The Morgan fingerprint density at radius 3 is 1.08 bits per heavy atom. The van der Waals surface area contributed by atoms with Crippen LogP contribution in [0.2, 0.25) is 0 Å². The monoisotopic (exact) mass is 1070 g/mol. The van der Waals surface area contributed by atoms with E-state index in [1.54, 1.807) is 0 Å². The maximum absolute atomic E-state index is 6.74. The van der Waals surface area contributed by atoms with E-state index < -0.39 is 0 Å². The van der Waals surface area contributed by atoms with E-state index in [0.29, 0.717) is 0 Å². The van der Waals surface area contributed by atoms with Crippen molar-refractivity contribution < 1.29 is 8.83 Å². The molecule has 0 spiro atoms. The van der Waals surface area contributed by atoms with Gasteiger partial charge in [0.1, 0.15) is 22.3 Å². The molecule has 84 heavy (non-hydrogen) atoms. The fraction of sp³-hybridized carbons (Fsp3) is 0.0976. The predicted molar refractivity (Wildman–Crippen MR) is 353 cm³/mol. The third-order valence-electron chi connectivity index (χ3n) is 19.4. The lowest BCUT2D eigenvalue weighted by Crippen LogP contribution is -2.29. The van der Waals surface area contributed by atoms with E-state index in [4.69, 9.17) is 8.83 Å². The van der Waals surface area contributed by atoms with Crippen molar-refractivity contribution in [3.8, 4) is 66.8 Å². The first kappa shape index (κ1) is 48.7. The van der Waals surface area contributed by atoms with Crippen molar-refractivity contribution in [1.82, 2.24) is 0 Å². The normalized spacial score (nSPS) is 16.8. The third-order valence-corrected chi connectivity index (χ3v) is 19.4. The lowest BCUT2D eigenvalue weighted by molar-refractivity contribution is 0.605. The summed E-state index contributed by atoms with van der Waals surface area (Å²) in [6, 6.07) is 94.4. The van der Waals surface area contributed by atoms with E-state index in [-0.39, 0.29) is 23.7 Å². The van der Waals surface area contributed by atoms with Crippen molar-refractivity contribution in [3.63, 3.8) is 0 Å². The summed E-state index contributed by atoms with van der Waals surface area (Å²) < 4.78 is 13.5. The molecule has 0 N–H and O–H groups in total. The van der Waals surface area contributed by atoms with Crippen LogP contribution in [0.3, 0.4) is 0 Å². The number of furan rings is 2. The molecule has 13 aromatic carbocycles. The van der Waals surface area contributed by atoms with E-state index in [1.165, 1.54) is 132 Å². The molecular formula is C82H58O2. The summed E-state index contributed by atoms with van der Waals surface area (Å²) in [7, 11) is 0. The molecule has 2 nitrogen and oxygen atoms in total. The van der Waals surface area contributed by atoms with Crippen LogP contribution in [0.1, 0.15) is 73.6 Å². The van der Waals surface area contributed by atoms with Gasteiger partial charge in [0.15, 0.2) is 0 Å². The summed E-state index contributed by atoms with van der Waals surface area (Å²) in [6.45, 7) is 10.1. The van der Waals surface area contributed by atoms with Gasteiger partial charge in [-0.15, -0.1) is 0 Å². The molecule has 2 heteroatoms. The number of hydrogen-bond acceptors (Lipinski definition) is 2. The fourth-order valence-electron chi connectivity index (χ4n) is 15.9. The summed E-state index contributed by atoms with van der Waals surface area (Å²) in [4.78, 5) is 0. The SMILES string of the molecule is CC1C2=C(C(C)c3c1c(-c1ccc(-c4cccc5ccccc45)cc1)c1ccccc1c3-c1ccc3c(c1)oc1ccccc13)C(C)c1c(c(-c3cccc(-c4ccccc4)c3)c3ccccc3c1-c1ccc3c(c1)oc1ccccc13)C2C. The van der Waals surface area contributed by atoms with Gasteiger partial charge in [0.2, 0.25) is 0 Å². The van der Waals surface area contributed by atoms with Crippen LogP contribution in [0, 0.1) is 0 Å². The minimum absolute atomic E-state index is 0.0403. The van der Waals surface area contributed by atoms with Crippen LogP contribution in [0.15, 0.2) is 275 Å². The van der Waals surface area contributed by atoms with Gasteiger partial charge in [-0.1, -0.05) is 251 Å². The molecule has 2 aliphatic rings. The van der Waals surface area contributed by atoms with Crippen molar-refractivity contribution in [2.45, 2.75) is 51.4 Å². The molecule has 4 atom stereocenters. The minimum Gasteiger partial charge on any atom is -0.456 e. The van der Waals surface area contributed by atoms with Crippen LogP contribution >= 0.6 is 0 Å². The summed E-state index contributed by atoms with van der Waals surface area (Å²) in [5, 5.41) is 12.1. The third kappa shape index (κ3) is 7.16. The maximum atomic E-state index is 6.74. The van der Waals surface area contributed by atoms with Gasteiger partial charge < -0.3 is 8.83 Å². The molecule has 2 aliphatic carbocycles. The zero-order valence-corrected chi connectivity index (χ0v) is 47.4. The molecule has 15 aromatic rings. The standard InChI is InChI=1S/C82H58O2/c1-47-73-49(3)77-78(82(58-41-43-64-62-28-15-17-35-70(62)84-72(64)46-58)68-32-13-12-31-67(68)80(77)56-25-18-24-55(44-56)51-20-6-5-7-21-51)50(4)74(73)48(2)76-75(47)79(54-38-36-53(37-39-54)60-33-19-23-52-22-8-9-26-59(52)60)65-29-10-11-30-66(65)81(76)57-40-42-63-61-27-14-16-34-69(61)83-71(63)45-57/h5-50H,1-4H3. The summed E-state index contributed by atoms with van der Waals surface area (Å²) >= 11 is 0. The Hall–Kier alpha value is -10.0. The molecular weight excluding hydrogens is 1020 g/mol. The highest BCUT2D eigenvalue weighted by Gasteiger charge is 2.45. The predicted octanol–water partition coefficient (Wildman–Crippen LogP) is 23.4. The van der Waals surface area contributed by atoms with Crippen LogP contribution in [0.4, 0.5) is 0 Å². The molecule has 0 saturated heterocycles. The van der Waals surface area contributed by atoms with Crippen molar-refractivity contribution in [1.29, 1.82) is 0 Å². The Morgan fingerprint density at radius 1 is 0.226 bits per heavy atom. The van der Waals surface area contributed by atoms with Crippen LogP contribution in [-0.2, 0) is 0 Å². The number of para-hydroxylation sites is 2. The van der Waals surface area contributed by atoms with Crippen LogP contribution in [0.5, 0.6) is 0 Å². The van der Waals surface area contributed by atoms with Gasteiger partial charge in [-0.3, -0.25) is 0 Å².